The summed E-state index contributed by atoms with van der Waals surface area (Å²) < 4.78 is 8.86. The molecule has 0 saturated heterocycles. The van der Waals surface area contributed by atoms with E-state index in [1.807, 2.05) is 12.4 Å². The summed E-state index contributed by atoms with van der Waals surface area (Å²) in [6.07, 6.45) is 4.88. The number of nitrogens with zero attached hydrogens (tertiary/aromatic N) is 3. The third-order valence-corrected chi connectivity index (χ3v) is 5.67. The number of hydrogen-bond donors (Lipinski definition) is 0. The lowest BCUT2D eigenvalue weighted by Crippen LogP contribution is -2.28. The summed E-state index contributed by atoms with van der Waals surface area (Å²) in [4.78, 5) is 6.59. The molecule has 1 aromatic carbocycles. The van der Waals surface area contributed by atoms with Gasteiger partial charge in [-0.1, -0.05) is 0 Å². The quantitative estimate of drug-likeness (QED) is 0.683. The normalized spacial score (nSPS) is 20.2. The Hall–Kier alpha value is -2.33. The molecule has 1 atom stereocenters. The Morgan fingerprint density at radius 1 is 1.20 bits per heavy atom. The molecule has 5 rings (SSSR count). The molecule has 2 aliphatic rings. The molecule has 0 spiro atoms. The predicted molar refractivity (Wildman–Crippen MR) is 99.2 cm³/mol. The molecule has 25 heavy (non-hydrogen) atoms. The number of benzene rings is 1. The topological polar surface area (TPSA) is 30.3 Å². The molecule has 2 aromatic heterocycles. The van der Waals surface area contributed by atoms with Crippen molar-refractivity contribution in [1.29, 1.82) is 0 Å². The van der Waals surface area contributed by atoms with E-state index in [0.29, 0.717) is 5.92 Å². The van der Waals surface area contributed by atoms with E-state index in [0.717, 1.165) is 38.4 Å². The van der Waals surface area contributed by atoms with Gasteiger partial charge in [0.05, 0.1) is 12.1 Å². The minimum atomic E-state index is 0.357. The average Bonchev–Trinajstić information content (AvgIpc) is 2.79. The van der Waals surface area contributed by atoms with Crippen LogP contribution in [0.15, 0.2) is 36.7 Å². The smallest absolute Gasteiger partial charge is 0.143 e. The fraction of sp³-hybridized carbons (Fsp3) is 0.381. The zero-order chi connectivity index (χ0) is 17.0. The maximum absolute atomic E-state index is 6.32. The Labute approximate surface area is 148 Å². The van der Waals surface area contributed by atoms with Gasteiger partial charge in [0, 0.05) is 55.4 Å². The minimum Gasteiger partial charge on any atom is -0.491 e. The van der Waals surface area contributed by atoms with Gasteiger partial charge in [0.2, 0.25) is 0 Å². The minimum absolute atomic E-state index is 0.357. The van der Waals surface area contributed by atoms with Crippen LogP contribution < -0.4 is 4.74 Å². The SMILES string of the molecule is Cc1cc2c3c(c1)c1c(n3CC(c3ccncc3)CO2)CCN(C)C1. The Kier molecular flexibility index (Phi) is 3.35. The van der Waals surface area contributed by atoms with Gasteiger partial charge in [-0.2, -0.15) is 0 Å². The first-order valence-corrected chi connectivity index (χ1v) is 9.06. The van der Waals surface area contributed by atoms with Crippen molar-refractivity contribution in [2.75, 3.05) is 20.2 Å². The van der Waals surface area contributed by atoms with E-state index in [1.165, 1.54) is 33.3 Å². The van der Waals surface area contributed by atoms with Crippen LogP contribution in [0.1, 0.15) is 28.3 Å². The summed E-state index contributed by atoms with van der Waals surface area (Å²) in [5.74, 6) is 1.40. The standard InChI is InChI=1S/C21H23N3O/c1-14-9-17-18-12-23(2)8-5-19(18)24-11-16(15-3-6-22-7-4-15)13-25-20(10-14)21(17)24/h3-4,6-7,9-10,16H,5,8,11-13H2,1-2H3. The molecule has 0 bridgehead atoms. The Balaban J connectivity index is 1.71. The van der Waals surface area contributed by atoms with Crippen LogP contribution in [-0.4, -0.2) is 34.7 Å². The molecule has 0 aliphatic carbocycles. The summed E-state index contributed by atoms with van der Waals surface area (Å²) in [6.45, 7) is 6.02. The first-order chi connectivity index (χ1) is 12.2. The van der Waals surface area contributed by atoms with Gasteiger partial charge in [0.15, 0.2) is 0 Å². The van der Waals surface area contributed by atoms with Gasteiger partial charge in [-0.25, -0.2) is 0 Å². The average molecular weight is 333 g/mol. The molecule has 0 amide bonds. The molecule has 128 valence electrons. The number of fused-ring (bicyclic) bond motifs is 3. The second-order valence-electron chi connectivity index (χ2n) is 7.47. The number of pyridine rings is 1. The summed E-state index contributed by atoms with van der Waals surface area (Å²) in [7, 11) is 2.21. The van der Waals surface area contributed by atoms with Crippen LogP contribution in [0.25, 0.3) is 10.9 Å². The number of aryl methyl sites for hydroxylation is 1. The lowest BCUT2D eigenvalue weighted by molar-refractivity contribution is 0.284. The second kappa shape index (κ2) is 5.60. The van der Waals surface area contributed by atoms with Crippen LogP contribution in [-0.2, 0) is 19.5 Å². The van der Waals surface area contributed by atoms with Crippen LogP contribution >= 0.6 is 0 Å². The van der Waals surface area contributed by atoms with Gasteiger partial charge in [-0.3, -0.25) is 4.98 Å². The Morgan fingerprint density at radius 3 is 2.88 bits per heavy atom. The number of rotatable bonds is 1. The van der Waals surface area contributed by atoms with E-state index in [9.17, 15) is 0 Å². The third-order valence-electron chi connectivity index (χ3n) is 5.67. The van der Waals surface area contributed by atoms with Crippen molar-refractivity contribution < 1.29 is 4.74 Å². The van der Waals surface area contributed by atoms with Crippen molar-refractivity contribution in [2.24, 2.45) is 0 Å². The highest BCUT2D eigenvalue weighted by molar-refractivity contribution is 5.91. The molecule has 4 heteroatoms. The van der Waals surface area contributed by atoms with E-state index in [2.05, 4.69) is 52.7 Å². The van der Waals surface area contributed by atoms with Crippen molar-refractivity contribution >= 4 is 10.9 Å². The Morgan fingerprint density at radius 2 is 2.04 bits per heavy atom. The van der Waals surface area contributed by atoms with E-state index < -0.39 is 0 Å². The first kappa shape index (κ1) is 15.0. The lowest BCUT2D eigenvalue weighted by atomic mass is 10.0. The summed E-state index contributed by atoms with van der Waals surface area (Å²) in [5.41, 5.74) is 6.88. The van der Waals surface area contributed by atoms with E-state index >= 15 is 0 Å². The number of likely N-dealkylation sites (N-methyl/N-ethyl adjacent to an activating group) is 1. The van der Waals surface area contributed by atoms with Crippen LogP contribution in [0.5, 0.6) is 5.75 Å². The molecule has 3 aromatic rings. The fourth-order valence-electron chi connectivity index (χ4n) is 4.43. The molecular weight excluding hydrogens is 310 g/mol. The van der Waals surface area contributed by atoms with Crippen molar-refractivity contribution in [3.63, 3.8) is 0 Å². The molecular formula is C21H23N3O. The van der Waals surface area contributed by atoms with Gasteiger partial charge in [-0.05, 0) is 54.9 Å². The molecule has 1 unspecified atom stereocenters. The number of aromatic nitrogens is 2. The van der Waals surface area contributed by atoms with Gasteiger partial charge in [0.1, 0.15) is 5.75 Å². The highest BCUT2D eigenvalue weighted by Crippen LogP contribution is 2.40. The fourth-order valence-corrected chi connectivity index (χ4v) is 4.43. The third kappa shape index (κ3) is 2.35. The van der Waals surface area contributed by atoms with Crippen molar-refractivity contribution in [3.8, 4) is 5.75 Å². The molecule has 0 N–H and O–H groups in total. The highest BCUT2D eigenvalue weighted by Gasteiger charge is 2.28. The van der Waals surface area contributed by atoms with Crippen LogP contribution in [0.4, 0.5) is 0 Å². The van der Waals surface area contributed by atoms with E-state index in [-0.39, 0.29) is 0 Å². The monoisotopic (exact) mass is 333 g/mol. The van der Waals surface area contributed by atoms with Gasteiger partial charge >= 0.3 is 0 Å². The van der Waals surface area contributed by atoms with E-state index in [1.54, 1.807) is 0 Å². The zero-order valence-corrected chi connectivity index (χ0v) is 14.8. The maximum atomic E-state index is 6.32. The summed E-state index contributed by atoms with van der Waals surface area (Å²) in [6, 6.07) is 8.78. The first-order valence-electron chi connectivity index (χ1n) is 9.06. The summed E-state index contributed by atoms with van der Waals surface area (Å²) in [5, 5.41) is 1.38. The Bertz CT molecular complexity index is 945. The number of ether oxygens (including phenoxy) is 1. The van der Waals surface area contributed by atoms with E-state index in [4.69, 9.17) is 4.74 Å². The van der Waals surface area contributed by atoms with Gasteiger partial charge < -0.3 is 14.2 Å². The largest absolute Gasteiger partial charge is 0.491 e. The second-order valence-corrected chi connectivity index (χ2v) is 7.47. The number of hydrogen-bond acceptors (Lipinski definition) is 3. The van der Waals surface area contributed by atoms with Crippen molar-refractivity contribution in [1.82, 2.24) is 14.5 Å². The van der Waals surface area contributed by atoms with Crippen LogP contribution in [0.2, 0.25) is 0 Å². The molecule has 4 nitrogen and oxygen atoms in total. The highest BCUT2D eigenvalue weighted by atomic mass is 16.5. The summed E-state index contributed by atoms with van der Waals surface area (Å²) >= 11 is 0. The van der Waals surface area contributed by atoms with Crippen molar-refractivity contribution in [3.05, 3.63) is 59.0 Å². The van der Waals surface area contributed by atoms with Crippen LogP contribution in [0, 0.1) is 6.92 Å². The lowest BCUT2D eigenvalue weighted by Gasteiger charge is -2.25. The van der Waals surface area contributed by atoms with Gasteiger partial charge in [0.25, 0.3) is 0 Å². The zero-order valence-electron chi connectivity index (χ0n) is 14.8. The molecule has 0 fully saturated rings. The molecule has 0 saturated carbocycles. The molecule has 0 radical (unpaired) electrons. The van der Waals surface area contributed by atoms with Crippen LogP contribution in [0.3, 0.4) is 0 Å². The molecule has 4 heterocycles. The molecule has 2 aliphatic heterocycles. The van der Waals surface area contributed by atoms with Gasteiger partial charge in [-0.15, -0.1) is 0 Å². The predicted octanol–water partition coefficient (Wildman–Crippen LogP) is 3.51. The van der Waals surface area contributed by atoms with Crippen molar-refractivity contribution in [2.45, 2.75) is 32.4 Å². The maximum Gasteiger partial charge on any atom is 0.143 e.